The lowest BCUT2D eigenvalue weighted by atomic mass is 9.71. The molecule has 2 bridgehead atoms. The van der Waals surface area contributed by atoms with E-state index in [1.54, 1.807) is 0 Å². The number of piperidine rings is 1. The lowest BCUT2D eigenvalue weighted by Gasteiger charge is -2.49. The molecule has 2 aliphatic heterocycles. The van der Waals surface area contributed by atoms with Crippen LogP contribution >= 0.6 is 0 Å². The number of hydrogen-bond donors (Lipinski definition) is 0. The first-order valence-electron chi connectivity index (χ1n) is 7.37. The molecule has 0 radical (unpaired) electrons. The zero-order chi connectivity index (χ0) is 12.0. The van der Waals surface area contributed by atoms with Crippen molar-refractivity contribution in [3.05, 3.63) is 0 Å². The fraction of sp³-hybridized carbons (Fsp3) is 0.933. The number of hydrogen-bond acceptors (Lipinski definition) is 2. The number of fused-ring (bicyclic) bond motifs is 2. The maximum Gasteiger partial charge on any atom is 0.136 e. The Morgan fingerprint density at radius 1 is 1.06 bits per heavy atom. The summed E-state index contributed by atoms with van der Waals surface area (Å²) in [4.78, 5) is 14.5. The Bertz CT molecular complexity index is 307. The molecule has 3 rings (SSSR count). The van der Waals surface area contributed by atoms with Crippen molar-refractivity contribution in [2.75, 3.05) is 0 Å². The Kier molecular flexibility index (Phi) is 2.81. The average Bonchev–Trinajstić information content (AvgIpc) is 2.52. The summed E-state index contributed by atoms with van der Waals surface area (Å²) in [7, 11) is 0. The predicted octanol–water partition coefficient (Wildman–Crippen LogP) is 3.15. The summed E-state index contributed by atoms with van der Waals surface area (Å²) < 4.78 is 0. The molecule has 1 saturated carbocycles. The van der Waals surface area contributed by atoms with E-state index in [4.69, 9.17) is 0 Å². The summed E-state index contributed by atoms with van der Waals surface area (Å²) in [5, 5.41) is 0. The van der Waals surface area contributed by atoms with Gasteiger partial charge in [-0.05, 0) is 31.1 Å². The summed E-state index contributed by atoms with van der Waals surface area (Å²) in [5.74, 6) is 0.516. The van der Waals surface area contributed by atoms with Crippen molar-refractivity contribution in [1.82, 2.24) is 4.90 Å². The molecule has 2 nitrogen and oxygen atoms in total. The van der Waals surface area contributed by atoms with Crippen LogP contribution in [0.5, 0.6) is 0 Å². The van der Waals surface area contributed by atoms with Crippen LogP contribution in [0, 0.1) is 5.41 Å². The van der Waals surface area contributed by atoms with Gasteiger partial charge in [0.2, 0.25) is 0 Å². The van der Waals surface area contributed by atoms with Gasteiger partial charge in [-0.1, -0.05) is 26.7 Å². The van der Waals surface area contributed by atoms with E-state index in [1.807, 2.05) is 0 Å². The third-order valence-electron chi connectivity index (χ3n) is 5.41. The van der Waals surface area contributed by atoms with Crippen LogP contribution in [0.3, 0.4) is 0 Å². The molecule has 17 heavy (non-hydrogen) atoms. The van der Waals surface area contributed by atoms with Gasteiger partial charge in [0.05, 0.1) is 0 Å². The third-order valence-corrected chi connectivity index (χ3v) is 5.41. The molecule has 3 unspecified atom stereocenters. The van der Waals surface area contributed by atoms with Gasteiger partial charge in [0, 0.05) is 31.0 Å². The van der Waals surface area contributed by atoms with Gasteiger partial charge < -0.3 is 0 Å². The van der Waals surface area contributed by atoms with E-state index in [0.717, 1.165) is 18.9 Å². The second-order valence-corrected chi connectivity index (χ2v) is 7.03. The quantitative estimate of drug-likeness (QED) is 0.696. The van der Waals surface area contributed by atoms with Crippen LogP contribution in [0.1, 0.15) is 65.2 Å². The highest BCUT2D eigenvalue weighted by Gasteiger charge is 2.47. The molecule has 2 heteroatoms. The van der Waals surface area contributed by atoms with E-state index in [1.165, 1.54) is 38.5 Å². The number of carbonyl (C=O) groups is 1. The van der Waals surface area contributed by atoms with Crippen LogP contribution < -0.4 is 0 Å². The maximum atomic E-state index is 11.7. The largest absolute Gasteiger partial charge is 0.300 e. The van der Waals surface area contributed by atoms with E-state index in [-0.39, 0.29) is 0 Å². The van der Waals surface area contributed by atoms with Crippen LogP contribution in [-0.4, -0.2) is 28.8 Å². The van der Waals surface area contributed by atoms with E-state index >= 15 is 0 Å². The van der Waals surface area contributed by atoms with Crippen molar-refractivity contribution >= 4 is 5.78 Å². The van der Waals surface area contributed by atoms with E-state index in [0.29, 0.717) is 23.3 Å². The van der Waals surface area contributed by atoms with E-state index < -0.39 is 0 Å². The molecular formula is C15H25NO. The summed E-state index contributed by atoms with van der Waals surface area (Å²) in [6, 6.07) is 1.91. The van der Waals surface area contributed by atoms with Crippen LogP contribution in [0.2, 0.25) is 0 Å². The van der Waals surface area contributed by atoms with Crippen molar-refractivity contribution in [3.63, 3.8) is 0 Å². The van der Waals surface area contributed by atoms with Crippen molar-refractivity contribution in [2.24, 2.45) is 5.41 Å². The minimum Gasteiger partial charge on any atom is -0.300 e. The van der Waals surface area contributed by atoms with Crippen molar-refractivity contribution < 1.29 is 4.79 Å². The Balaban J connectivity index is 1.82. The minimum absolute atomic E-state index is 0.458. The molecule has 3 fully saturated rings. The van der Waals surface area contributed by atoms with Gasteiger partial charge in [-0.25, -0.2) is 0 Å². The lowest BCUT2D eigenvalue weighted by Crippen LogP contribution is -2.55. The Morgan fingerprint density at radius 2 is 1.71 bits per heavy atom. The molecule has 0 aromatic heterocycles. The van der Waals surface area contributed by atoms with Crippen molar-refractivity contribution in [3.8, 4) is 0 Å². The summed E-state index contributed by atoms with van der Waals surface area (Å²) in [6.45, 7) is 4.87. The van der Waals surface area contributed by atoms with Crippen molar-refractivity contribution in [2.45, 2.75) is 83.3 Å². The smallest absolute Gasteiger partial charge is 0.136 e. The zero-order valence-electron chi connectivity index (χ0n) is 11.2. The van der Waals surface area contributed by atoms with Gasteiger partial charge in [0.1, 0.15) is 5.78 Å². The molecule has 0 aromatic carbocycles. The van der Waals surface area contributed by atoms with Gasteiger partial charge in [-0.2, -0.15) is 0 Å². The first-order valence-corrected chi connectivity index (χ1v) is 7.37. The maximum absolute atomic E-state index is 11.7. The number of Topliss-reactive ketones (excluding diaryl/α,β-unsaturated/α-hetero) is 1. The van der Waals surface area contributed by atoms with Gasteiger partial charge in [-0.15, -0.1) is 0 Å². The standard InChI is InChI=1S/C15H25NO/c1-15(2)8-4-3-5-14(15)16-11-6-7-12(16)10-13(17)9-11/h11-12,14H,3-10H2,1-2H3. The number of rotatable bonds is 1. The van der Waals surface area contributed by atoms with Crippen molar-refractivity contribution in [1.29, 1.82) is 0 Å². The molecule has 96 valence electrons. The Hall–Kier alpha value is -0.370. The first-order chi connectivity index (χ1) is 8.08. The second kappa shape index (κ2) is 4.08. The number of carbonyl (C=O) groups excluding carboxylic acids is 1. The lowest BCUT2D eigenvalue weighted by molar-refractivity contribution is -0.126. The number of nitrogens with zero attached hydrogens (tertiary/aromatic N) is 1. The molecule has 0 amide bonds. The molecule has 2 heterocycles. The van der Waals surface area contributed by atoms with Crippen LogP contribution in [0.15, 0.2) is 0 Å². The minimum atomic E-state index is 0.458. The van der Waals surface area contributed by atoms with Crippen LogP contribution in [-0.2, 0) is 4.79 Å². The summed E-state index contributed by atoms with van der Waals surface area (Å²) >= 11 is 0. The zero-order valence-corrected chi connectivity index (χ0v) is 11.2. The first kappa shape index (κ1) is 11.7. The van der Waals surface area contributed by atoms with Gasteiger partial charge >= 0.3 is 0 Å². The van der Waals surface area contributed by atoms with Gasteiger partial charge in [0.15, 0.2) is 0 Å². The highest BCUT2D eigenvalue weighted by molar-refractivity contribution is 5.81. The molecule has 3 aliphatic rings. The van der Waals surface area contributed by atoms with Gasteiger partial charge in [0.25, 0.3) is 0 Å². The molecule has 0 spiro atoms. The molecule has 0 aromatic rings. The van der Waals surface area contributed by atoms with Crippen LogP contribution in [0.25, 0.3) is 0 Å². The molecule has 0 N–H and O–H groups in total. The molecule has 3 atom stereocenters. The van der Waals surface area contributed by atoms with E-state index in [9.17, 15) is 4.79 Å². The van der Waals surface area contributed by atoms with Gasteiger partial charge in [-0.3, -0.25) is 9.69 Å². The summed E-state index contributed by atoms with van der Waals surface area (Å²) in [5.41, 5.74) is 0.458. The fourth-order valence-electron chi connectivity index (χ4n) is 4.54. The normalized spacial score (nSPS) is 41.8. The monoisotopic (exact) mass is 235 g/mol. The predicted molar refractivity (Wildman–Crippen MR) is 68.9 cm³/mol. The number of ketones is 1. The van der Waals surface area contributed by atoms with Crippen LogP contribution in [0.4, 0.5) is 0 Å². The van der Waals surface area contributed by atoms with E-state index in [2.05, 4.69) is 18.7 Å². The second-order valence-electron chi connectivity index (χ2n) is 7.03. The molecule has 1 aliphatic carbocycles. The highest BCUT2D eigenvalue weighted by atomic mass is 16.1. The summed E-state index contributed by atoms with van der Waals surface area (Å²) in [6.07, 6.45) is 9.71. The third kappa shape index (κ3) is 1.95. The topological polar surface area (TPSA) is 20.3 Å². The SMILES string of the molecule is CC1(C)CCCCC1N1C2CCC1CC(=O)C2. The Labute approximate surface area is 105 Å². The average molecular weight is 235 g/mol. The fourth-order valence-corrected chi connectivity index (χ4v) is 4.54. The highest BCUT2D eigenvalue weighted by Crippen LogP contribution is 2.45. The molecule has 2 saturated heterocycles. The Morgan fingerprint density at radius 3 is 2.29 bits per heavy atom. The molecular weight excluding hydrogens is 210 g/mol.